The Bertz CT molecular complexity index is 252. The first-order valence-electron chi connectivity index (χ1n) is 4.03. The van der Waals surface area contributed by atoms with Crippen molar-refractivity contribution in [1.29, 1.82) is 0 Å². The molecule has 0 heterocycles. The van der Waals surface area contributed by atoms with Crippen LogP contribution in [0, 0.1) is 0 Å². The first-order chi connectivity index (χ1) is 6.20. The van der Waals surface area contributed by atoms with Gasteiger partial charge in [-0.3, -0.25) is 4.79 Å². The fourth-order valence-corrected chi connectivity index (χ4v) is 0.770. The molecule has 0 aliphatic carbocycles. The summed E-state index contributed by atoms with van der Waals surface area (Å²) in [5, 5.41) is 8.37. The van der Waals surface area contributed by atoms with E-state index in [9.17, 15) is 4.79 Å². The van der Waals surface area contributed by atoms with Gasteiger partial charge in [-0.1, -0.05) is 36.4 Å². The standard InChI is InChI=1S/C8H8O2.C3H6/c9-8(10)6-7-4-2-1-3-5-7;1-3-2/h1-5H,6H2,(H,9,10);3H,1H2,2H3. The molecule has 1 N–H and O–H groups in total. The van der Waals surface area contributed by atoms with Crippen LogP contribution < -0.4 is 0 Å². The Morgan fingerprint density at radius 1 is 1.46 bits per heavy atom. The van der Waals surface area contributed by atoms with Crippen molar-refractivity contribution in [2.45, 2.75) is 13.3 Å². The second kappa shape index (κ2) is 7.10. The Hall–Kier alpha value is -1.57. The summed E-state index contributed by atoms with van der Waals surface area (Å²) in [6.45, 7) is 5.25. The summed E-state index contributed by atoms with van der Waals surface area (Å²) in [7, 11) is 0. The van der Waals surface area contributed by atoms with Crippen LogP contribution in [0.25, 0.3) is 0 Å². The molecule has 1 rings (SSSR count). The molecule has 0 bridgehead atoms. The number of carboxylic acid groups (broad SMARTS) is 1. The molecule has 13 heavy (non-hydrogen) atoms. The molecule has 2 heteroatoms. The van der Waals surface area contributed by atoms with Crippen LogP contribution in [-0.4, -0.2) is 11.1 Å². The van der Waals surface area contributed by atoms with Crippen molar-refractivity contribution in [2.24, 2.45) is 0 Å². The maximum absolute atomic E-state index is 10.2. The second-order valence-electron chi connectivity index (χ2n) is 2.46. The van der Waals surface area contributed by atoms with E-state index in [0.717, 1.165) is 5.56 Å². The van der Waals surface area contributed by atoms with Gasteiger partial charge in [-0.25, -0.2) is 0 Å². The average Bonchev–Trinajstić information content (AvgIpc) is 2.06. The van der Waals surface area contributed by atoms with E-state index in [1.165, 1.54) is 0 Å². The quantitative estimate of drug-likeness (QED) is 0.706. The highest BCUT2D eigenvalue weighted by Gasteiger charge is 1.96. The first-order valence-corrected chi connectivity index (χ1v) is 4.03. The molecule has 0 unspecified atom stereocenters. The van der Waals surface area contributed by atoms with Gasteiger partial charge in [0.25, 0.3) is 0 Å². The number of hydrogen-bond donors (Lipinski definition) is 1. The van der Waals surface area contributed by atoms with E-state index in [2.05, 4.69) is 6.58 Å². The molecule has 0 fully saturated rings. The van der Waals surface area contributed by atoms with E-state index in [4.69, 9.17) is 5.11 Å². The molecule has 1 aromatic rings. The number of rotatable bonds is 2. The van der Waals surface area contributed by atoms with Crippen LogP contribution in [0.2, 0.25) is 0 Å². The van der Waals surface area contributed by atoms with Crippen molar-refractivity contribution >= 4 is 5.97 Å². The van der Waals surface area contributed by atoms with E-state index in [0.29, 0.717) is 0 Å². The maximum atomic E-state index is 10.2. The highest BCUT2D eigenvalue weighted by Crippen LogP contribution is 1.98. The van der Waals surface area contributed by atoms with Gasteiger partial charge >= 0.3 is 5.97 Å². The first kappa shape index (κ1) is 11.4. The summed E-state index contributed by atoms with van der Waals surface area (Å²) >= 11 is 0. The van der Waals surface area contributed by atoms with Gasteiger partial charge in [0.05, 0.1) is 6.42 Å². The minimum atomic E-state index is -0.786. The Kier molecular flexibility index (Phi) is 6.24. The predicted octanol–water partition coefficient (Wildman–Crippen LogP) is 2.51. The SMILES string of the molecule is C=CC.O=C(O)Cc1ccccc1. The minimum Gasteiger partial charge on any atom is -0.481 e. The zero-order valence-electron chi connectivity index (χ0n) is 7.73. The molecule has 0 aliphatic rings. The van der Waals surface area contributed by atoms with Gasteiger partial charge in [-0.15, -0.1) is 6.58 Å². The Labute approximate surface area is 78.5 Å². The fraction of sp³-hybridized carbons (Fsp3) is 0.182. The van der Waals surface area contributed by atoms with Gasteiger partial charge in [0.2, 0.25) is 0 Å². The van der Waals surface area contributed by atoms with Crippen molar-refractivity contribution in [3.63, 3.8) is 0 Å². The van der Waals surface area contributed by atoms with Crippen LogP contribution in [0.3, 0.4) is 0 Å². The number of carboxylic acids is 1. The van der Waals surface area contributed by atoms with E-state index in [1.54, 1.807) is 18.2 Å². The highest BCUT2D eigenvalue weighted by atomic mass is 16.4. The number of carbonyl (C=O) groups is 1. The molecule has 1 aromatic carbocycles. The number of hydrogen-bond acceptors (Lipinski definition) is 1. The maximum Gasteiger partial charge on any atom is 0.307 e. The molecule has 0 aliphatic heterocycles. The highest BCUT2D eigenvalue weighted by molar-refractivity contribution is 5.70. The van der Waals surface area contributed by atoms with Gasteiger partial charge in [-0.2, -0.15) is 0 Å². The van der Waals surface area contributed by atoms with Crippen molar-refractivity contribution < 1.29 is 9.90 Å². The summed E-state index contributed by atoms with van der Waals surface area (Å²) in [4.78, 5) is 10.2. The van der Waals surface area contributed by atoms with Gasteiger partial charge in [-0.05, 0) is 12.5 Å². The monoisotopic (exact) mass is 178 g/mol. The molecule has 70 valence electrons. The van der Waals surface area contributed by atoms with Crippen molar-refractivity contribution in [1.82, 2.24) is 0 Å². The summed E-state index contributed by atoms with van der Waals surface area (Å²) in [6.07, 6.45) is 1.86. The number of aliphatic carboxylic acids is 1. The third-order valence-corrected chi connectivity index (χ3v) is 1.20. The Morgan fingerprint density at radius 3 is 2.31 bits per heavy atom. The van der Waals surface area contributed by atoms with Crippen molar-refractivity contribution in [3.05, 3.63) is 48.6 Å². The third kappa shape index (κ3) is 6.81. The van der Waals surface area contributed by atoms with Crippen LogP contribution in [0.1, 0.15) is 12.5 Å². The van der Waals surface area contributed by atoms with Gasteiger partial charge < -0.3 is 5.11 Å². The summed E-state index contributed by atoms with van der Waals surface area (Å²) in [5.41, 5.74) is 0.843. The zero-order chi connectivity index (χ0) is 10.1. The molecule has 0 radical (unpaired) electrons. The van der Waals surface area contributed by atoms with E-state index in [-0.39, 0.29) is 6.42 Å². The van der Waals surface area contributed by atoms with Crippen LogP contribution in [-0.2, 0) is 11.2 Å². The molecule has 2 nitrogen and oxygen atoms in total. The summed E-state index contributed by atoms with van der Waals surface area (Å²) < 4.78 is 0. The lowest BCUT2D eigenvalue weighted by molar-refractivity contribution is -0.136. The Morgan fingerprint density at radius 2 is 1.92 bits per heavy atom. The molecule has 0 atom stereocenters. The molecule has 0 saturated carbocycles. The summed E-state index contributed by atoms with van der Waals surface area (Å²) in [6, 6.07) is 9.13. The van der Waals surface area contributed by atoms with Crippen molar-refractivity contribution in [3.8, 4) is 0 Å². The van der Waals surface area contributed by atoms with E-state index < -0.39 is 5.97 Å². The molecular formula is C11H14O2. The lowest BCUT2D eigenvalue weighted by Gasteiger charge is -1.92. The molecule has 0 spiro atoms. The molecule has 0 amide bonds. The predicted molar refractivity (Wildman–Crippen MR) is 53.7 cm³/mol. The lowest BCUT2D eigenvalue weighted by atomic mass is 10.2. The number of benzene rings is 1. The molecular weight excluding hydrogens is 164 g/mol. The zero-order valence-corrected chi connectivity index (χ0v) is 7.73. The van der Waals surface area contributed by atoms with Crippen molar-refractivity contribution in [2.75, 3.05) is 0 Å². The molecule has 0 aromatic heterocycles. The average molecular weight is 178 g/mol. The minimum absolute atomic E-state index is 0.112. The molecule has 0 saturated heterocycles. The smallest absolute Gasteiger partial charge is 0.307 e. The van der Waals surface area contributed by atoms with Gasteiger partial charge in [0.15, 0.2) is 0 Å². The topological polar surface area (TPSA) is 37.3 Å². The summed E-state index contributed by atoms with van der Waals surface area (Å²) in [5.74, 6) is -0.786. The number of allylic oxidation sites excluding steroid dienone is 1. The lowest BCUT2D eigenvalue weighted by Crippen LogP contribution is -1.98. The van der Waals surface area contributed by atoms with Crippen LogP contribution >= 0.6 is 0 Å². The normalized spacial score (nSPS) is 8.08. The van der Waals surface area contributed by atoms with Crippen LogP contribution in [0.5, 0.6) is 0 Å². The fourth-order valence-electron chi connectivity index (χ4n) is 0.770. The van der Waals surface area contributed by atoms with Crippen LogP contribution in [0.4, 0.5) is 0 Å². The Balaban J connectivity index is 0.000000424. The third-order valence-electron chi connectivity index (χ3n) is 1.20. The van der Waals surface area contributed by atoms with Gasteiger partial charge in [0, 0.05) is 0 Å². The second-order valence-corrected chi connectivity index (χ2v) is 2.46. The van der Waals surface area contributed by atoms with E-state index >= 15 is 0 Å². The van der Waals surface area contributed by atoms with Crippen LogP contribution in [0.15, 0.2) is 43.0 Å². The van der Waals surface area contributed by atoms with Gasteiger partial charge in [0.1, 0.15) is 0 Å². The largest absolute Gasteiger partial charge is 0.481 e. The van der Waals surface area contributed by atoms with E-state index in [1.807, 2.05) is 25.1 Å².